The highest BCUT2D eigenvalue weighted by molar-refractivity contribution is 7.12. The van der Waals surface area contributed by atoms with Crippen LogP contribution in [0.1, 0.15) is 23.2 Å². The maximum Gasteiger partial charge on any atom is 0.340 e. The van der Waals surface area contributed by atoms with E-state index in [0.717, 1.165) is 28.7 Å². The van der Waals surface area contributed by atoms with E-state index in [0.29, 0.717) is 30.9 Å². The lowest BCUT2D eigenvalue weighted by Crippen LogP contribution is -2.56. The SMILES string of the molecule is CN1[C@@H]2COC[C@H]1CC(OC(=O)c1cn(-c3cncs3)c3ccccc13)C2. The molecule has 2 aliphatic rings. The van der Waals surface area contributed by atoms with Crippen molar-refractivity contribution in [3.8, 4) is 5.00 Å². The summed E-state index contributed by atoms with van der Waals surface area (Å²) in [7, 11) is 2.14. The molecule has 2 saturated heterocycles. The highest BCUT2D eigenvalue weighted by Crippen LogP contribution is 2.31. The molecule has 0 aliphatic carbocycles. The van der Waals surface area contributed by atoms with Gasteiger partial charge >= 0.3 is 5.97 Å². The minimum Gasteiger partial charge on any atom is -0.459 e. The molecule has 0 spiro atoms. The zero-order valence-electron chi connectivity index (χ0n) is 15.1. The number of carbonyl (C=O) groups is 1. The van der Waals surface area contributed by atoms with Crippen molar-refractivity contribution >= 4 is 28.2 Å². The molecule has 2 bridgehead atoms. The summed E-state index contributed by atoms with van der Waals surface area (Å²) in [6.45, 7) is 1.43. The van der Waals surface area contributed by atoms with Crippen LogP contribution >= 0.6 is 11.3 Å². The third-order valence-electron chi connectivity index (χ3n) is 5.70. The molecular weight excluding hydrogens is 362 g/mol. The molecular formula is C20H21N3O3S. The molecule has 0 radical (unpaired) electrons. The van der Waals surface area contributed by atoms with Crippen LogP contribution in [-0.2, 0) is 9.47 Å². The molecule has 2 aliphatic heterocycles. The molecule has 140 valence electrons. The molecule has 0 N–H and O–H groups in total. The number of thiazole rings is 1. The number of hydrogen-bond donors (Lipinski definition) is 0. The van der Waals surface area contributed by atoms with Crippen LogP contribution in [0.2, 0.25) is 0 Å². The molecule has 7 heteroatoms. The summed E-state index contributed by atoms with van der Waals surface area (Å²) in [5.74, 6) is -0.247. The molecule has 3 aromatic rings. The van der Waals surface area contributed by atoms with Gasteiger partial charge in [-0.1, -0.05) is 18.2 Å². The van der Waals surface area contributed by atoms with Crippen LogP contribution in [0.15, 0.2) is 42.2 Å². The monoisotopic (exact) mass is 383 g/mol. The number of carbonyl (C=O) groups excluding carboxylic acids is 1. The lowest BCUT2D eigenvalue weighted by Gasteiger charge is -2.46. The van der Waals surface area contributed by atoms with Gasteiger partial charge in [-0.05, 0) is 13.1 Å². The van der Waals surface area contributed by atoms with Crippen molar-refractivity contribution in [3.63, 3.8) is 0 Å². The normalized spacial score (nSPS) is 25.6. The molecule has 2 fully saturated rings. The Balaban J connectivity index is 1.43. The second-order valence-corrected chi connectivity index (χ2v) is 8.14. The summed E-state index contributed by atoms with van der Waals surface area (Å²) in [6.07, 6.45) is 5.28. The maximum atomic E-state index is 13.0. The Kier molecular flexibility index (Phi) is 4.22. The minimum absolute atomic E-state index is 0.0573. The van der Waals surface area contributed by atoms with Gasteiger partial charge in [-0.25, -0.2) is 4.79 Å². The van der Waals surface area contributed by atoms with Gasteiger partial charge in [0.25, 0.3) is 0 Å². The van der Waals surface area contributed by atoms with E-state index in [1.807, 2.05) is 41.2 Å². The molecule has 5 rings (SSSR count). The Bertz CT molecular complexity index is 954. The van der Waals surface area contributed by atoms with Gasteiger partial charge in [0.15, 0.2) is 0 Å². The minimum atomic E-state index is -0.247. The number of benzene rings is 1. The first-order valence-corrected chi connectivity index (χ1v) is 10.1. The summed E-state index contributed by atoms with van der Waals surface area (Å²) in [5.41, 5.74) is 3.39. The van der Waals surface area contributed by atoms with Crippen LogP contribution in [0, 0.1) is 0 Å². The summed E-state index contributed by atoms with van der Waals surface area (Å²) in [6, 6.07) is 8.58. The fourth-order valence-electron chi connectivity index (χ4n) is 4.21. The van der Waals surface area contributed by atoms with Crippen molar-refractivity contribution < 1.29 is 14.3 Å². The topological polar surface area (TPSA) is 56.6 Å². The van der Waals surface area contributed by atoms with Crippen molar-refractivity contribution in [3.05, 3.63) is 47.7 Å². The van der Waals surface area contributed by atoms with Gasteiger partial charge in [0.1, 0.15) is 11.1 Å². The Morgan fingerprint density at radius 2 is 2.04 bits per heavy atom. The third kappa shape index (κ3) is 2.96. The average molecular weight is 383 g/mol. The highest BCUT2D eigenvalue weighted by Gasteiger charge is 2.38. The quantitative estimate of drug-likeness (QED) is 0.651. The molecule has 1 aromatic carbocycles. The molecule has 4 heterocycles. The maximum absolute atomic E-state index is 13.0. The second-order valence-electron chi connectivity index (χ2n) is 7.28. The first-order chi connectivity index (χ1) is 13.2. The van der Waals surface area contributed by atoms with E-state index in [2.05, 4.69) is 16.9 Å². The largest absolute Gasteiger partial charge is 0.459 e. The van der Waals surface area contributed by atoms with Crippen LogP contribution in [0.5, 0.6) is 0 Å². The molecule has 6 nitrogen and oxygen atoms in total. The number of para-hydroxylation sites is 1. The zero-order chi connectivity index (χ0) is 18.4. The van der Waals surface area contributed by atoms with E-state index < -0.39 is 0 Å². The average Bonchev–Trinajstić information content (AvgIpc) is 3.30. The molecule has 1 unspecified atom stereocenters. The van der Waals surface area contributed by atoms with Crippen molar-refractivity contribution in [2.45, 2.75) is 31.0 Å². The van der Waals surface area contributed by atoms with E-state index in [9.17, 15) is 4.79 Å². The number of nitrogens with zero attached hydrogens (tertiary/aromatic N) is 3. The fraction of sp³-hybridized carbons (Fsp3) is 0.400. The van der Waals surface area contributed by atoms with Crippen LogP contribution in [0.4, 0.5) is 0 Å². The van der Waals surface area contributed by atoms with Gasteiger partial charge in [-0.15, -0.1) is 11.3 Å². The first-order valence-electron chi connectivity index (χ1n) is 9.20. The summed E-state index contributed by atoms with van der Waals surface area (Å²) in [5, 5.41) is 1.89. The number of rotatable bonds is 3. The van der Waals surface area contributed by atoms with Gasteiger partial charge in [0, 0.05) is 36.5 Å². The number of piperidine rings is 1. The zero-order valence-corrected chi connectivity index (χ0v) is 15.9. The van der Waals surface area contributed by atoms with Crippen molar-refractivity contribution in [2.75, 3.05) is 20.3 Å². The summed E-state index contributed by atoms with van der Waals surface area (Å²) < 4.78 is 13.6. The van der Waals surface area contributed by atoms with Crippen molar-refractivity contribution in [2.24, 2.45) is 0 Å². The van der Waals surface area contributed by atoms with E-state index in [4.69, 9.17) is 9.47 Å². The number of hydrogen-bond acceptors (Lipinski definition) is 6. The molecule has 3 atom stereocenters. The molecule has 2 aromatic heterocycles. The van der Waals surface area contributed by atoms with Crippen LogP contribution in [-0.4, -0.2) is 58.9 Å². The summed E-state index contributed by atoms with van der Waals surface area (Å²) in [4.78, 5) is 19.5. The van der Waals surface area contributed by atoms with Gasteiger partial charge < -0.3 is 14.0 Å². The predicted molar refractivity (Wildman–Crippen MR) is 104 cm³/mol. The van der Waals surface area contributed by atoms with E-state index in [1.165, 1.54) is 0 Å². The lowest BCUT2D eigenvalue weighted by atomic mass is 9.92. The van der Waals surface area contributed by atoms with Crippen LogP contribution < -0.4 is 0 Å². The van der Waals surface area contributed by atoms with Crippen molar-refractivity contribution in [1.29, 1.82) is 0 Å². The van der Waals surface area contributed by atoms with Gasteiger partial charge in [0.2, 0.25) is 0 Å². The van der Waals surface area contributed by atoms with Gasteiger partial charge in [-0.2, -0.15) is 0 Å². The Morgan fingerprint density at radius 1 is 1.26 bits per heavy atom. The van der Waals surface area contributed by atoms with E-state index >= 15 is 0 Å². The Morgan fingerprint density at radius 3 is 2.78 bits per heavy atom. The number of likely N-dealkylation sites (N-methyl/N-ethyl adjacent to an activating group) is 1. The number of aromatic nitrogens is 2. The molecule has 0 amide bonds. The molecule has 27 heavy (non-hydrogen) atoms. The van der Waals surface area contributed by atoms with Crippen LogP contribution in [0.25, 0.3) is 15.9 Å². The Labute approximate surface area is 161 Å². The number of morpholine rings is 1. The highest BCUT2D eigenvalue weighted by atomic mass is 32.1. The second kappa shape index (κ2) is 6.74. The number of fused-ring (bicyclic) bond motifs is 3. The van der Waals surface area contributed by atoms with Gasteiger partial charge in [0.05, 0.1) is 36.0 Å². The number of ether oxygens (including phenoxy) is 2. The van der Waals surface area contributed by atoms with E-state index in [-0.39, 0.29) is 12.1 Å². The number of esters is 1. The standard InChI is InChI=1S/C20H21N3O3S/c1-22-13-6-15(7-14(22)11-25-10-13)26-20(24)17-9-23(19-8-21-12-27-19)18-5-3-2-4-16(17)18/h2-5,8-9,12-15H,6-7,10-11H2,1H3/t13-,14+,15?. The van der Waals surface area contributed by atoms with E-state index in [1.54, 1.807) is 16.8 Å². The third-order valence-corrected chi connectivity index (χ3v) is 6.48. The smallest absolute Gasteiger partial charge is 0.340 e. The van der Waals surface area contributed by atoms with Gasteiger partial charge in [-0.3, -0.25) is 9.88 Å². The van der Waals surface area contributed by atoms with Crippen LogP contribution in [0.3, 0.4) is 0 Å². The molecule has 0 saturated carbocycles. The predicted octanol–water partition coefficient (Wildman–Crippen LogP) is 3.11. The lowest BCUT2D eigenvalue weighted by molar-refractivity contribution is -0.0970. The Hall–Kier alpha value is -2.22. The fourth-order valence-corrected chi connectivity index (χ4v) is 4.82. The first kappa shape index (κ1) is 16.9. The summed E-state index contributed by atoms with van der Waals surface area (Å²) >= 11 is 1.54. The van der Waals surface area contributed by atoms with Crippen molar-refractivity contribution in [1.82, 2.24) is 14.5 Å².